The van der Waals surface area contributed by atoms with E-state index in [1.165, 1.54) is 51.2 Å². The Balaban J connectivity index is 0.000000583. The summed E-state index contributed by atoms with van der Waals surface area (Å²) in [5.74, 6) is 0.416. The molecule has 0 aromatic heterocycles. The van der Waals surface area contributed by atoms with Crippen LogP contribution in [0.5, 0.6) is 0 Å². The number of fused-ring (bicyclic) bond motifs is 3. The van der Waals surface area contributed by atoms with Crippen molar-refractivity contribution in [1.29, 1.82) is 0 Å². The summed E-state index contributed by atoms with van der Waals surface area (Å²) in [6.07, 6.45) is 9.70. The van der Waals surface area contributed by atoms with Crippen molar-refractivity contribution in [2.75, 3.05) is 0 Å². The second-order valence-corrected chi connectivity index (χ2v) is 4.94. The van der Waals surface area contributed by atoms with Gasteiger partial charge in [0.25, 0.3) is 0 Å². The minimum Gasteiger partial charge on any atom is -0.175 e. The Kier molecular flexibility index (Phi) is 7.45. The van der Waals surface area contributed by atoms with Gasteiger partial charge in [0, 0.05) is 0 Å². The molecule has 0 heterocycles. The molecule has 2 aromatic rings. The summed E-state index contributed by atoms with van der Waals surface area (Å²) in [4.78, 5) is 0. The second kappa shape index (κ2) is 8.60. The van der Waals surface area contributed by atoms with Crippen molar-refractivity contribution in [3.63, 3.8) is 0 Å². The van der Waals surface area contributed by atoms with Crippen LogP contribution in [0.4, 0.5) is 0 Å². The molecule has 2 aromatic carbocycles. The average molecular weight is 379 g/mol. The molecule has 0 saturated heterocycles. The molecular formula is C20H19SiZr-3. The molecule has 0 amide bonds. The number of rotatable bonds is 1. The van der Waals surface area contributed by atoms with Gasteiger partial charge in [-0.1, -0.05) is 59.7 Å². The molecule has 22 heavy (non-hydrogen) atoms. The average Bonchev–Trinajstić information content (AvgIpc) is 3.16. The topological polar surface area (TPSA) is 0 Å². The third kappa shape index (κ3) is 3.50. The van der Waals surface area contributed by atoms with E-state index in [-0.39, 0.29) is 14.9 Å². The summed E-state index contributed by atoms with van der Waals surface area (Å²) in [6, 6.07) is 16.7. The monoisotopic (exact) mass is 377 g/mol. The molecule has 0 atom stereocenters. The second-order valence-electron chi connectivity index (χ2n) is 4.94. The molecule has 2 heteroatoms. The molecule has 0 nitrogen and oxygen atoms in total. The first-order valence-corrected chi connectivity index (χ1v) is 10.8. The van der Waals surface area contributed by atoms with Crippen molar-refractivity contribution in [3.05, 3.63) is 98.3 Å². The van der Waals surface area contributed by atoms with Crippen LogP contribution < -0.4 is 0 Å². The molecule has 0 saturated carbocycles. The molecular weight excluding hydrogens is 360 g/mol. The van der Waals surface area contributed by atoms with Crippen molar-refractivity contribution < 1.29 is 23.3 Å². The molecule has 0 bridgehead atoms. The normalized spacial score (nSPS) is 13.2. The van der Waals surface area contributed by atoms with Crippen LogP contribution in [0.2, 0.25) is 0 Å². The first-order chi connectivity index (χ1) is 9.92. The fourth-order valence-corrected chi connectivity index (χ4v) is 2.91. The minimum absolute atomic E-state index is 0. The summed E-state index contributed by atoms with van der Waals surface area (Å²) in [5, 5.41) is 0. The van der Waals surface area contributed by atoms with Crippen LogP contribution in [-0.2, 0) is 29.8 Å². The molecule has 2 aliphatic rings. The first kappa shape index (κ1) is 19.1. The fraction of sp³-hybridized carbons (Fsp3) is 0.100. The van der Waals surface area contributed by atoms with E-state index in [4.69, 9.17) is 0 Å². The predicted octanol–water partition coefficient (Wildman–Crippen LogP) is 4.78. The van der Waals surface area contributed by atoms with Gasteiger partial charge in [0.05, 0.1) is 0 Å². The van der Waals surface area contributed by atoms with E-state index < -0.39 is 0 Å². The molecule has 0 spiro atoms. The number of allylic oxidation sites excluding steroid dienone is 4. The maximum absolute atomic E-state index is 3.61. The van der Waals surface area contributed by atoms with Gasteiger partial charge in [-0.3, -0.25) is 0 Å². The number of benzene rings is 2. The van der Waals surface area contributed by atoms with Gasteiger partial charge in [-0.2, -0.15) is 23.8 Å². The molecule has 2 radical (unpaired) electrons. The van der Waals surface area contributed by atoms with Crippen LogP contribution in [0.1, 0.15) is 22.6 Å². The van der Waals surface area contributed by atoms with Crippen LogP contribution in [0, 0.1) is 20.9 Å². The Hall–Kier alpha value is -0.980. The van der Waals surface area contributed by atoms with Gasteiger partial charge in [0.2, 0.25) is 0 Å². The van der Waals surface area contributed by atoms with Gasteiger partial charge in [-0.15, -0.1) is 11.1 Å². The van der Waals surface area contributed by atoms with Gasteiger partial charge in [-0.25, -0.2) is 0 Å². The van der Waals surface area contributed by atoms with E-state index in [1.807, 2.05) is 0 Å². The van der Waals surface area contributed by atoms with E-state index >= 15 is 0 Å². The van der Waals surface area contributed by atoms with E-state index in [0.717, 1.165) is 6.42 Å². The molecule has 110 valence electrons. The van der Waals surface area contributed by atoms with E-state index in [1.54, 1.807) is 0 Å². The molecule has 2 aliphatic carbocycles. The van der Waals surface area contributed by atoms with Crippen LogP contribution in [-0.4, -0.2) is 6.88 Å². The van der Waals surface area contributed by atoms with Gasteiger partial charge < -0.3 is 14.9 Å². The van der Waals surface area contributed by atoms with E-state index in [9.17, 15) is 0 Å². The molecule has 0 N–H and O–H groups in total. The van der Waals surface area contributed by atoms with Gasteiger partial charge in [0.15, 0.2) is 0 Å². The van der Waals surface area contributed by atoms with Crippen LogP contribution >= 0.6 is 0 Å². The smallest absolute Gasteiger partial charge is 0.00217 e. The Morgan fingerprint density at radius 1 is 0.909 bits per heavy atom. The number of hydrogen-bond donors (Lipinski definition) is 0. The van der Waals surface area contributed by atoms with Crippen molar-refractivity contribution in [1.82, 2.24) is 0 Å². The Morgan fingerprint density at radius 3 is 2.32 bits per heavy atom. The maximum Gasteiger partial charge on any atom is -0.00217 e. The summed E-state index contributed by atoms with van der Waals surface area (Å²) < 4.78 is 0. The van der Waals surface area contributed by atoms with Crippen molar-refractivity contribution in [3.8, 4) is 11.1 Å². The van der Waals surface area contributed by atoms with Crippen molar-refractivity contribution in [2.45, 2.75) is 12.3 Å². The largest absolute Gasteiger partial charge is 0.175 e. The zero-order chi connectivity index (χ0) is 13.9. The zero-order valence-electron chi connectivity index (χ0n) is 13.1. The molecule has 0 aliphatic heterocycles. The molecule has 0 fully saturated rings. The zero-order valence-corrected chi connectivity index (χ0v) is 16.5. The van der Waals surface area contributed by atoms with Crippen LogP contribution in [0.15, 0.2) is 60.7 Å². The van der Waals surface area contributed by atoms with E-state index in [0.29, 0.717) is 5.92 Å². The molecule has 0 unspecified atom stereocenters. The summed E-state index contributed by atoms with van der Waals surface area (Å²) in [7, 11) is 0. The first-order valence-electron chi connectivity index (χ1n) is 6.65. The van der Waals surface area contributed by atoms with Gasteiger partial charge in [0.1, 0.15) is 0 Å². The summed E-state index contributed by atoms with van der Waals surface area (Å²) in [5.41, 5.74) is 6.81. The SMILES string of the molecule is [CH3-].[CH3-].[Si]=[Zr].[c-]1c(C2C=CC=C2)ccc2c1Cc1ccccc1-2. The summed E-state index contributed by atoms with van der Waals surface area (Å²) in [6.45, 7) is 3.06. The third-order valence-electron chi connectivity index (χ3n) is 3.83. The minimum atomic E-state index is 0. The number of hydrogen-bond acceptors (Lipinski definition) is 0. The van der Waals surface area contributed by atoms with Gasteiger partial charge in [-0.05, 0) is 12.3 Å². The fourth-order valence-electron chi connectivity index (χ4n) is 2.91. The van der Waals surface area contributed by atoms with Crippen LogP contribution in [0.25, 0.3) is 11.1 Å². The third-order valence-corrected chi connectivity index (χ3v) is 3.83. The standard InChI is InChI=1S/C18H13.2CH3.Si.Zr/c1-2-6-13(5-1)14-9-10-18-16(11-14)12-15-7-3-4-8-17(15)18;;;;/h1-10,13H,12H2;2*1H3;;/q3*-1;;. The maximum atomic E-state index is 3.61. The van der Waals surface area contributed by atoms with Crippen molar-refractivity contribution in [2.24, 2.45) is 0 Å². The Morgan fingerprint density at radius 2 is 1.59 bits per heavy atom. The quantitative estimate of drug-likeness (QED) is 0.422. The Labute approximate surface area is 151 Å². The molecule has 4 rings (SSSR count). The van der Waals surface area contributed by atoms with E-state index in [2.05, 4.69) is 73.6 Å². The summed E-state index contributed by atoms with van der Waals surface area (Å²) >= 11 is 1.36. The Bertz CT molecular complexity index is 689. The predicted molar refractivity (Wildman–Crippen MR) is 93.1 cm³/mol. The van der Waals surface area contributed by atoms with Crippen LogP contribution in [0.3, 0.4) is 0 Å². The van der Waals surface area contributed by atoms with Gasteiger partial charge >= 0.3 is 30.2 Å². The van der Waals surface area contributed by atoms with Crippen molar-refractivity contribution >= 4 is 6.88 Å².